The number of benzene rings is 1. The van der Waals surface area contributed by atoms with E-state index in [0.29, 0.717) is 0 Å². The lowest BCUT2D eigenvalue weighted by molar-refractivity contribution is -0.0245. The van der Waals surface area contributed by atoms with Crippen LogP contribution in [0.3, 0.4) is 0 Å². The molecule has 1 N–H and O–H groups in total. The summed E-state index contributed by atoms with van der Waals surface area (Å²) in [7, 11) is 0. The SMILES string of the molecule is CC(C)(C)OC(=O)NC(F)(F)C(=O)c1ccccc1F. The van der Waals surface area contributed by atoms with Gasteiger partial charge in [0.1, 0.15) is 11.4 Å². The quantitative estimate of drug-likeness (QED) is 0.687. The van der Waals surface area contributed by atoms with Crippen molar-refractivity contribution in [2.24, 2.45) is 0 Å². The molecule has 0 aliphatic heterocycles. The average Bonchev–Trinajstić information content (AvgIpc) is 2.25. The maximum Gasteiger partial charge on any atom is 0.412 e. The predicted octanol–water partition coefficient (Wildman–Crippen LogP) is 3.13. The van der Waals surface area contributed by atoms with Crippen molar-refractivity contribution in [3.05, 3.63) is 35.6 Å². The van der Waals surface area contributed by atoms with Gasteiger partial charge in [-0.1, -0.05) is 12.1 Å². The molecule has 7 heteroatoms. The van der Waals surface area contributed by atoms with E-state index in [9.17, 15) is 22.8 Å². The molecule has 4 nitrogen and oxygen atoms in total. The van der Waals surface area contributed by atoms with E-state index in [0.717, 1.165) is 17.4 Å². The number of hydrogen-bond donors (Lipinski definition) is 1. The predicted molar refractivity (Wildman–Crippen MR) is 65.0 cm³/mol. The molecule has 0 saturated carbocycles. The number of Topliss-reactive ketones (excluding diaryl/α,β-unsaturated/α-hetero) is 1. The van der Waals surface area contributed by atoms with Gasteiger partial charge < -0.3 is 4.74 Å². The lowest BCUT2D eigenvalue weighted by Crippen LogP contribution is -2.49. The number of alkyl halides is 2. The zero-order valence-electron chi connectivity index (χ0n) is 11.2. The third-order valence-electron chi connectivity index (χ3n) is 2.06. The molecule has 0 radical (unpaired) electrons. The van der Waals surface area contributed by atoms with E-state index in [2.05, 4.69) is 4.74 Å². The molecule has 0 aromatic heterocycles. The van der Waals surface area contributed by atoms with E-state index in [1.54, 1.807) is 0 Å². The Hall–Kier alpha value is -2.05. The Labute approximate surface area is 113 Å². The van der Waals surface area contributed by atoms with Crippen molar-refractivity contribution in [2.45, 2.75) is 32.4 Å². The smallest absolute Gasteiger partial charge is 0.412 e. The molecule has 0 fully saturated rings. The summed E-state index contributed by atoms with van der Waals surface area (Å²) in [5, 5.41) is 1.13. The Bertz CT molecular complexity index is 524. The summed E-state index contributed by atoms with van der Waals surface area (Å²) in [5.74, 6) is -2.94. The highest BCUT2D eigenvalue weighted by Gasteiger charge is 2.43. The molecule has 110 valence electrons. The van der Waals surface area contributed by atoms with Gasteiger partial charge in [0.15, 0.2) is 0 Å². The second-order valence-electron chi connectivity index (χ2n) is 5.01. The van der Waals surface area contributed by atoms with Gasteiger partial charge in [0.25, 0.3) is 5.78 Å². The molecule has 0 saturated heterocycles. The number of halogens is 3. The highest BCUT2D eigenvalue weighted by molar-refractivity contribution is 6.02. The first-order chi connectivity index (χ1) is 9.03. The van der Waals surface area contributed by atoms with Crippen molar-refractivity contribution < 1.29 is 27.5 Å². The van der Waals surface area contributed by atoms with Crippen LogP contribution in [0.5, 0.6) is 0 Å². The molecule has 0 atom stereocenters. The van der Waals surface area contributed by atoms with Gasteiger partial charge in [-0.25, -0.2) is 9.18 Å². The number of hydrogen-bond acceptors (Lipinski definition) is 3. The number of ether oxygens (including phenoxy) is 1. The Balaban J connectivity index is 2.86. The van der Waals surface area contributed by atoms with Crippen LogP contribution in [0.15, 0.2) is 24.3 Å². The van der Waals surface area contributed by atoms with E-state index < -0.39 is 34.9 Å². The Morgan fingerprint density at radius 2 is 1.70 bits per heavy atom. The fourth-order valence-corrected chi connectivity index (χ4v) is 1.30. The third kappa shape index (κ3) is 4.25. The summed E-state index contributed by atoms with van der Waals surface area (Å²) >= 11 is 0. The molecule has 1 amide bonds. The molecule has 20 heavy (non-hydrogen) atoms. The van der Waals surface area contributed by atoms with Crippen LogP contribution >= 0.6 is 0 Å². The first kappa shape index (κ1) is 16.0. The van der Waals surface area contributed by atoms with Gasteiger partial charge in [-0.2, -0.15) is 8.78 Å². The number of rotatable bonds is 3. The Morgan fingerprint density at radius 1 is 1.15 bits per heavy atom. The van der Waals surface area contributed by atoms with Crippen LogP contribution in [-0.2, 0) is 4.74 Å². The van der Waals surface area contributed by atoms with Crippen molar-refractivity contribution in [2.75, 3.05) is 0 Å². The Morgan fingerprint density at radius 3 is 2.20 bits per heavy atom. The van der Waals surface area contributed by atoms with Crippen molar-refractivity contribution in [1.82, 2.24) is 5.32 Å². The van der Waals surface area contributed by atoms with Gasteiger partial charge in [-0.05, 0) is 32.9 Å². The van der Waals surface area contributed by atoms with Crippen LogP contribution in [0, 0.1) is 5.82 Å². The molecular weight excluding hydrogens is 275 g/mol. The van der Waals surface area contributed by atoms with E-state index >= 15 is 0 Å². The monoisotopic (exact) mass is 289 g/mol. The highest BCUT2D eigenvalue weighted by atomic mass is 19.3. The molecule has 0 aliphatic carbocycles. The van der Waals surface area contributed by atoms with Crippen molar-refractivity contribution in [3.8, 4) is 0 Å². The standard InChI is InChI=1S/C13H14F3NO3/c1-12(2,3)20-11(19)17-13(15,16)10(18)8-6-4-5-7-9(8)14/h4-7H,1-3H3,(H,17,19). The van der Waals surface area contributed by atoms with Crippen LogP contribution in [-0.4, -0.2) is 23.5 Å². The largest absolute Gasteiger partial charge is 0.444 e. The molecule has 0 spiro atoms. The molecule has 1 aromatic rings. The minimum absolute atomic E-state index is 0.812. The number of amides is 1. The summed E-state index contributed by atoms with van der Waals surface area (Å²) in [5.41, 5.74) is -1.81. The van der Waals surface area contributed by atoms with E-state index in [1.807, 2.05) is 0 Å². The summed E-state index contributed by atoms with van der Waals surface area (Å²) in [4.78, 5) is 22.8. The molecule has 0 aliphatic rings. The van der Waals surface area contributed by atoms with E-state index in [1.165, 1.54) is 32.9 Å². The molecule has 0 heterocycles. The fraction of sp³-hybridized carbons (Fsp3) is 0.385. The minimum Gasteiger partial charge on any atom is -0.444 e. The van der Waals surface area contributed by atoms with Crippen molar-refractivity contribution >= 4 is 11.9 Å². The molecule has 0 unspecified atom stereocenters. The maximum atomic E-state index is 13.6. The van der Waals surface area contributed by atoms with Gasteiger partial charge in [-0.15, -0.1) is 0 Å². The first-order valence-electron chi connectivity index (χ1n) is 5.71. The summed E-state index contributed by atoms with van der Waals surface area (Å²) in [6, 6.07) is 0.00901. The van der Waals surface area contributed by atoms with Gasteiger partial charge >= 0.3 is 12.1 Å². The van der Waals surface area contributed by atoms with Crippen LogP contribution in [0.2, 0.25) is 0 Å². The summed E-state index contributed by atoms with van der Waals surface area (Å²) < 4.78 is 45.1. The number of ketones is 1. The fourth-order valence-electron chi connectivity index (χ4n) is 1.30. The maximum absolute atomic E-state index is 13.6. The minimum atomic E-state index is -4.26. The summed E-state index contributed by atoms with van der Waals surface area (Å²) in [6.07, 6.45) is -1.47. The van der Waals surface area contributed by atoms with Crippen LogP contribution in [0.25, 0.3) is 0 Å². The molecule has 1 rings (SSSR count). The summed E-state index contributed by atoms with van der Waals surface area (Å²) in [6.45, 7) is 4.43. The van der Waals surface area contributed by atoms with Crippen LogP contribution in [0.4, 0.5) is 18.0 Å². The van der Waals surface area contributed by atoms with Gasteiger partial charge in [0.05, 0.1) is 5.56 Å². The number of carbonyl (C=O) groups excluding carboxylic acids is 2. The zero-order chi connectivity index (χ0) is 15.6. The molecular formula is C13H14F3NO3. The van der Waals surface area contributed by atoms with Crippen LogP contribution in [0.1, 0.15) is 31.1 Å². The number of nitrogens with one attached hydrogen (secondary N) is 1. The first-order valence-corrected chi connectivity index (χ1v) is 5.71. The second-order valence-corrected chi connectivity index (χ2v) is 5.01. The lowest BCUT2D eigenvalue weighted by atomic mass is 10.1. The lowest BCUT2D eigenvalue weighted by Gasteiger charge is -2.22. The Kier molecular flexibility index (Phi) is 4.42. The van der Waals surface area contributed by atoms with Gasteiger partial charge in [0.2, 0.25) is 0 Å². The highest BCUT2D eigenvalue weighted by Crippen LogP contribution is 2.20. The van der Waals surface area contributed by atoms with Gasteiger partial charge in [-0.3, -0.25) is 10.1 Å². The second kappa shape index (κ2) is 5.52. The zero-order valence-corrected chi connectivity index (χ0v) is 11.2. The van der Waals surface area contributed by atoms with Crippen molar-refractivity contribution in [1.29, 1.82) is 0 Å². The number of carbonyl (C=O) groups is 2. The van der Waals surface area contributed by atoms with Gasteiger partial charge in [0, 0.05) is 0 Å². The average molecular weight is 289 g/mol. The third-order valence-corrected chi connectivity index (χ3v) is 2.06. The molecule has 0 bridgehead atoms. The van der Waals surface area contributed by atoms with Crippen molar-refractivity contribution in [3.63, 3.8) is 0 Å². The van der Waals surface area contributed by atoms with Crippen LogP contribution < -0.4 is 5.32 Å². The van der Waals surface area contributed by atoms with E-state index in [-0.39, 0.29) is 0 Å². The van der Waals surface area contributed by atoms with E-state index in [4.69, 9.17) is 0 Å². The normalized spacial score (nSPS) is 11.9. The number of alkyl carbamates (subject to hydrolysis) is 1. The topological polar surface area (TPSA) is 55.4 Å². The molecule has 1 aromatic carbocycles.